The van der Waals surface area contributed by atoms with Gasteiger partial charge < -0.3 is 30.8 Å². The van der Waals surface area contributed by atoms with E-state index in [-0.39, 0.29) is 29.1 Å². The summed E-state index contributed by atoms with van der Waals surface area (Å²) in [6.45, 7) is 12.0. The minimum atomic E-state index is -0.527. The number of aromatic amines is 1. The third-order valence-corrected chi connectivity index (χ3v) is 5.48. The number of aromatic nitrogens is 6. The average molecular weight is 498 g/mol. The van der Waals surface area contributed by atoms with Crippen LogP contribution in [0, 0.1) is 6.92 Å². The Balaban J connectivity index is 1.95. The van der Waals surface area contributed by atoms with Crippen molar-refractivity contribution in [3.05, 3.63) is 23.8 Å². The van der Waals surface area contributed by atoms with Crippen molar-refractivity contribution in [3.8, 4) is 28.7 Å². The normalized spacial score (nSPS) is 13.2. The quantitative estimate of drug-likeness (QED) is 0.345. The number of carbonyl (C=O) groups excluding carboxylic acids is 1. The number of nitrogen functional groups attached to an aromatic ring is 1. The first-order valence-corrected chi connectivity index (χ1v) is 11.6. The molecule has 0 bridgehead atoms. The number of hydrogen-bond acceptors (Lipinski definition) is 10. The fourth-order valence-electron chi connectivity index (χ4n) is 3.33. The van der Waals surface area contributed by atoms with Gasteiger partial charge in [-0.3, -0.25) is 4.79 Å². The molecule has 5 N–H and O–H groups in total. The number of ether oxygens (including phenoxy) is 2. The lowest BCUT2D eigenvalue weighted by Gasteiger charge is -2.17. The molecule has 3 aromatic rings. The van der Waals surface area contributed by atoms with Crippen molar-refractivity contribution in [3.63, 3.8) is 0 Å². The van der Waals surface area contributed by atoms with E-state index in [1.54, 1.807) is 19.2 Å². The van der Waals surface area contributed by atoms with Gasteiger partial charge in [0.15, 0.2) is 5.82 Å². The maximum absolute atomic E-state index is 12.1. The molecule has 36 heavy (non-hydrogen) atoms. The van der Waals surface area contributed by atoms with Crippen molar-refractivity contribution in [2.45, 2.75) is 59.1 Å². The van der Waals surface area contributed by atoms with E-state index in [2.05, 4.69) is 56.3 Å². The first-order chi connectivity index (χ1) is 16.9. The van der Waals surface area contributed by atoms with Crippen LogP contribution in [0.5, 0.6) is 5.88 Å². The van der Waals surface area contributed by atoms with Crippen LogP contribution in [-0.4, -0.2) is 68.7 Å². The van der Waals surface area contributed by atoms with Crippen LogP contribution in [0.4, 0.5) is 11.8 Å². The summed E-state index contributed by atoms with van der Waals surface area (Å²) in [5, 5.41) is 6.05. The van der Waals surface area contributed by atoms with E-state index in [1.165, 1.54) is 14.2 Å². The highest BCUT2D eigenvalue weighted by atomic mass is 16.5. The Morgan fingerprint density at radius 1 is 1.14 bits per heavy atom. The molecule has 1 amide bonds. The molecule has 0 aliphatic heterocycles. The van der Waals surface area contributed by atoms with Gasteiger partial charge in [0.25, 0.3) is 5.88 Å². The molecule has 12 nitrogen and oxygen atoms in total. The Bertz CT molecular complexity index is 1220. The van der Waals surface area contributed by atoms with E-state index in [0.29, 0.717) is 41.0 Å². The molecule has 0 aliphatic rings. The van der Waals surface area contributed by atoms with Gasteiger partial charge in [0.05, 0.1) is 24.2 Å². The molecule has 0 unspecified atom stereocenters. The van der Waals surface area contributed by atoms with Gasteiger partial charge in [0.1, 0.15) is 23.3 Å². The number of amides is 1. The molecule has 0 saturated heterocycles. The van der Waals surface area contributed by atoms with Gasteiger partial charge in [-0.05, 0) is 26.8 Å². The van der Waals surface area contributed by atoms with Gasteiger partial charge in [-0.15, -0.1) is 0 Å². The van der Waals surface area contributed by atoms with E-state index in [0.717, 1.165) is 5.82 Å². The predicted molar refractivity (Wildman–Crippen MR) is 138 cm³/mol. The van der Waals surface area contributed by atoms with Crippen LogP contribution in [0.1, 0.15) is 46.1 Å². The lowest BCUT2D eigenvalue weighted by Crippen LogP contribution is -2.42. The Hall–Kier alpha value is -3.80. The zero-order valence-corrected chi connectivity index (χ0v) is 22.1. The molecule has 12 heteroatoms. The molecule has 3 aromatic heterocycles. The van der Waals surface area contributed by atoms with E-state index >= 15 is 0 Å². The number of hydrogen-bond donors (Lipinski definition) is 4. The minimum Gasteiger partial charge on any atom is -0.478 e. The number of methoxy groups -OCH3 is 2. The summed E-state index contributed by atoms with van der Waals surface area (Å²) < 4.78 is 10.4. The van der Waals surface area contributed by atoms with Gasteiger partial charge in [0, 0.05) is 31.3 Å². The molecule has 0 fully saturated rings. The summed E-state index contributed by atoms with van der Waals surface area (Å²) in [6.07, 6.45) is 1.12. The van der Waals surface area contributed by atoms with Crippen LogP contribution in [0.2, 0.25) is 0 Å². The van der Waals surface area contributed by atoms with Gasteiger partial charge >= 0.3 is 0 Å². The zero-order chi connectivity index (χ0) is 26.6. The first-order valence-electron chi connectivity index (χ1n) is 11.6. The zero-order valence-electron chi connectivity index (χ0n) is 22.1. The largest absolute Gasteiger partial charge is 0.478 e. The number of nitrogens with one attached hydrogen (secondary N) is 3. The van der Waals surface area contributed by atoms with Crippen LogP contribution in [-0.2, 0) is 14.9 Å². The van der Waals surface area contributed by atoms with Crippen LogP contribution < -0.4 is 21.1 Å². The minimum absolute atomic E-state index is 0.170. The number of H-pyrrole nitrogens is 1. The summed E-state index contributed by atoms with van der Waals surface area (Å²) >= 11 is 0. The average Bonchev–Trinajstić information content (AvgIpc) is 3.28. The molecule has 2 atom stereocenters. The van der Waals surface area contributed by atoms with Crippen molar-refractivity contribution in [2.75, 3.05) is 31.8 Å². The van der Waals surface area contributed by atoms with Gasteiger partial charge in [-0.2, -0.15) is 0 Å². The standard InChI is InChI=1S/C24H35N9O3/c1-12(28-20(34)14(3)35-7)11-27-23-26-10-9-15(30-23)17-18(33-22(32-17)24(4,5)6)16-13(2)29-19(25)21(31-16)36-8/h9-10,12,14H,11H2,1-8H3,(H2,25,29)(H,28,34)(H,32,33)(H,26,27,30)/t12-,14-/m0/s1. The third-order valence-electron chi connectivity index (χ3n) is 5.48. The van der Waals surface area contributed by atoms with Crippen molar-refractivity contribution >= 4 is 17.7 Å². The van der Waals surface area contributed by atoms with E-state index in [1.807, 2.05) is 13.8 Å². The smallest absolute Gasteiger partial charge is 0.257 e. The molecular weight excluding hydrogens is 462 g/mol. The van der Waals surface area contributed by atoms with E-state index in [9.17, 15) is 4.79 Å². The molecule has 194 valence electrons. The highest BCUT2D eigenvalue weighted by Crippen LogP contribution is 2.34. The molecule has 0 aliphatic carbocycles. The summed E-state index contributed by atoms with van der Waals surface area (Å²) in [4.78, 5) is 38.3. The van der Waals surface area contributed by atoms with Crippen LogP contribution in [0.15, 0.2) is 12.3 Å². The number of imidazole rings is 1. The van der Waals surface area contributed by atoms with Crippen molar-refractivity contribution in [1.82, 2.24) is 35.2 Å². The van der Waals surface area contributed by atoms with Crippen molar-refractivity contribution < 1.29 is 14.3 Å². The Morgan fingerprint density at radius 3 is 2.50 bits per heavy atom. The van der Waals surface area contributed by atoms with Crippen LogP contribution >= 0.6 is 0 Å². The SMILES string of the molecule is COc1nc(-c2[nH]c(C(C)(C)C)nc2-c2ccnc(NC[C@H](C)NC(=O)[C@H](C)OC)n2)c(C)nc1N. The lowest BCUT2D eigenvalue weighted by atomic mass is 9.96. The number of rotatable bonds is 9. The maximum Gasteiger partial charge on any atom is 0.257 e. The van der Waals surface area contributed by atoms with Crippen molar-refractivity contribution in [1.29, 1.82) is 0 Å². The summed E-state index contributed by atoms with van der Waals surface area (Å²) in [5.41, 5.74) is 8.73. The second-order valence-corrected chi connectivity index (χ2v) is 9.55. The third kappa shape index (κ3) is 6.06. The number of nitrogens with two attached hydrogens (primary N) is 1. The Kier molecular flexibility index (Phi) is 8.08. The maximum atomic E-state index is 12.1. The van der Waals surface area contributed by atoms with Crippen LogP contribution in [0.25, 0.3) is 22.8 Å². The summed E-state index contributed by atoms with van der Waals surface area (Å²) in [5.74, 6) is 1.43. The van der Waals surface area contributed by atoms with E-state index in [4.69, 9.17) is 20.2 Å². The molecule has 0 aromatic carbocycles. The van der Waals surface area contributed by atoms with Gasteiger partial charge in [-0.25, -0.2) is 24.9 Å². The monoisotopic (exact) mass is 497 g/mol. The fourth-order valence-corrected chi connectivity index (χ4v) is 3.33. The number of carbonyl (C=O) groups is 1. The lowest BCUT2D eigenvalue weighted by molar-refractivity contribution is -0.130. The second-order valence-electron chi connectivity index (χ2n) is 9.55. The highest BCUT2D eigenvalue weighted by Gasteiger charge is 2.26. The Morgan fingerprint density at radius 2 is 1.86 bits per heavy atom. The molecule has 3 rings (SSSR count). The summed E-state index contributed by atoms with van der Waals surface area (Å²) in [7, 11) is 2.99. The van der Waals surface area contributed by atoms with Gasteiger partial charge in [0.2, 0.25) is 11.9 Å². The van der Waals surface area contributed by atoms with Crippen LogP contribution in [0.3, 0.4) is 0 Å². The molecule has 3 heterocycles. The van der Waals surface area contributed by atoms with Gasteiger partial charge in [-0.1, -0.05) is 20.8 Å². The van der Waals surface area contributed by atoms with E-state index < -0.39 is 6.10 Å². The predicted octanol–water partition coefficient (Wildman–Crippen LogP) is 2.47. The molecular formula is C24H35N9O3. The molecule has 0 saturated carbocycles. The first kappa shape index (κ1) is 26.8. The topological polar surface area (TPSA) is 166 Å². The second kappa shape index (κ2) is 10.9. The Labute approximate surface area is 210 Å². The van der Waals surface area contributed by atoms with Crippen molar-refractivity contribution in [2.24, 2.45) is 0 Å². The highest BCUT2D eigenvalue weighted by molar-refractivity contribution is 5.80. The summed E-state index contributed by atoms with van der Waals surface area (Å²) in [6, 6.07) is 1.61. The number of nitrogens with zero attached hydrogens (tertiary/aromatic N) is 5. The fraction of sp³-hybridized carbons (Fsp3) is 0.500. The molecule has 0 spiro atoms. The number of aryl methyl sites for hydroxylation is 1. The molecule has 0 radical (unpaired) electrons. The number of anilines is 2.